The normalized spacial score (nSPS) is 19.6. The lowest BCUT2D eigenvalue weighted by Crippen LogP contribution is -2.43. The van der Waals surface area contributed by atoms with Crippen molar-refractivity contribution < 1.29 is 19.8 Å². The van der Waals surface area contributed by atoms with Gasteiger partial charge in [0.05, 0.1) is 0 Å². The maximum atomic E-state index is 11.9. The minimum Gasteiger partial charge on any atom is -0.508 e. The third-order valence-corrected chi connectivity index (χ3v) is 3.40. The highest BCUT2D eigenvalue weighted by atomic mass is 16.4. The lowest BCUT2D eigenvalue weighted by molar-refractivity contribution is -0.148. The number of hydrogen-bond donors (Lipinski definition) is 2. The van der Waals surface area contributed by atoms with E-state index in [0.717, 1.165) is 0 Å². The van der Waals surface area contributed by atoms with Crippen LogP contribution in [0.5, 0.6) is 5.75 Å². The van der Waals surface area contributed by atoms with E-state index in [9.17, 15) is 19.8 Å². The Balaban J connectivity index is 2.18. The van der Waals surface area contributed by atoms with Gasteiger partial charge in [-0.15, -0.1) is 12.3 Å². The van der Waals surface area contributed by atoms with Crippen molar-refractivity contribution in [3.8, 4) is 18.1 Å². The zero-order valence-electron chi connectivity index (χ0n) is 10.8. The topological polar surface area (TPSA) is 77.8 Å². The molecule has 1 aliphatic rings. The largest absolute Gasteiger partial charge is 0.508 e. The molecule has 1 aromatic rings. The first-order valence-electron chi connectivity index (χ1n) is 6.27. The maximum absolute atomic E-state index is 11.9. The summed E-state index contributed by atoms with van der Waals surface area (Å²) in [6.45, 7) is 0.269. The number of aliphatic carboxylic acids is 1. The van der Waals surface area contributed by atoms with Crippen molar-refractivity contribution in [1.82, 2.24) is 4.90 Å². The summed E-state index contributed by atoms with van der Waals surface area (Å²) in [5.41, 5.74) is 0.661. The summed E-state index contributed by atoms with van der Waals surface area (Å²) >= 11 is 0. The molecule has 20 heavy (non-hydrogen) atoms. The summed E-state index contributed by atoms with van der Waals surface area (Å²) in [4.78, 5) is 24.6. The smallest absolute Gasteiger partial charge is 0.326 e. The van der Waals surface area contributed by atoms with Crippen molar-refractivity contribution >= 4 is 11.9 Å². The van der Waals surface area contributed by atoms with Crippen LogP contribution in [0.25, 0.3) is 0 Å². The van der Waals surface area contributed by atoms with E-state index in [4.69, 9.17) is 6.42 Å². The summed E-state index contributed by atoms with van der Waals surface area (Å²) in [6, 6.07) is 5.40. The van der Waals surface area contributed by atoms with Crippen LogP contribution >= 0.6 is 0 Å². The first-order chi connectivity index (χ1) is 9.51. The van der Waals surface area contributed by atoms with Gasteiger partial charge in [-0.2, -0.15) is 0 Å². The highest BCUT2D eigenvalue weighted by Gasteiger charge is 2.37. The zero-order chi connectivity index (χ0) is 14.7. The van der Waals surface area contributed by atoms with Crippen LogP contribution in [0.3, 0.4) is 0 Å². The molecule has 0 aliphatic carbocycles. The molecule has 5 nitrogen and oxygen atoms in total. The average Bonchev–Trinajstić information content (AvgIpc) is 2.77. The van der Waals surface area contributed by atoms with E-state index < -0.39 is 12.0 Å². The number of rotatable bonds is 4. The van der Waals surface area contributed by atoms with E-state index >= 15 is 0 Å². The van der Waals surface area contributed by atoms with Crippen LogP contribution in [0.2, 0.25) is 0 Å². The number of carbonyl (C=O) groups excluding carboxylic acids is 1. The molecule has 0 aromatic heterocycles. The molecule has 2 N–H and O–H groups in total. The quantitative estimate of drug-likeness (QED) is 0.798. The maximum Gasteiger partial charge on any atom is 0.326 e. The van der Waals surface area contributed by atoms with E-state index in [1.165, 1.54) is 17.0 Å². The summed E-state index contributed by atoms with van der Waals surface area (Å²) in [7, 11) is 0. The van der Waals surface area contributed by atoms with Gasteiger partial charge in [-0.25, -0.2) is 4.79 Å². The summed E-state index contributed by atoms with van der Waals surface area (Å²) in [5, 5.41) is 18.7. The van der Waals surface area contributed by atoms with Crippen LogP contribution in [0, 0.1) is 18.3 Å². The van der Waals surface area contributed by atoms with Crippen molar-refractivity contribution in [2.45, 2.75) is 18.9 Å². The number of amides is 1. The van der Waals surface area contributed by atoms with Crippen LogP contribution in [0.1, 0.15) is 12.0 Å². The number of phenols is 1. The van der Waals surface area contributed by atoms with Gasteiger partial charge < -0.3 is 15.1 Å². The molecule has 0 saturated carbocycles. The van der Waals surface area contributed by atoms with Crippen molar-refractivity contribution in [3.63, 3.8) is 0 Å². The lowest BCUT2D eigenvalue weighted by atomic mass is 10.0. The number of carboxylic acid groups (broad SMARTS) is 1. The first kappa shape index (κ1) is 13.9. The molecule has 0 bridgehead atoms. The Bertz CT molecular complexity index is 575. The fourth-order valence-electron chi connectivity index (χ4n) is 2.38. The zero-order valence-corrected chi connectivity index (χ0v) is 10.8. The molecule has 1 amide bonds. The van der Waals surface area contributed by atoms with E-state index in [1.54, 1.807) is 12.1 Å². The molecular weight excluding hydrogens is 258 g/mol. The second kappa shape index (κ2) is 5.66. The Hall–Kier alpha value is -2.48. The molecule has 0 spiro atoms. The van der Waals surface area contributed by atoms with E-state index in [1.807, 2.05) is 0 Å². The molecule has 1 aliphatic heterocycles. The molecule has 2 unspecified atom stereocenters. The molecule has 5 heteroatoms. The van der Waals surface area contributed by atoms with Crippen LogP contribution < -0.4 is 0 Å². The van der Waals surface area contributed by atoms with Crippen molar-refractivity contribution in [2.75, 3.05) is 6.54 Å². The second-order valence-corrected chi connectivity index (χ2v) is 4.84. The highest BCUT2D eigenvalue weighted by Crippen LogP contribution is 2.22. The van der Waals surface area contributed by atoms with Gasteiger partial charge in [0.25, 0.3) is 0 Å². The summed E-state index contributed by atoms with van der Waals surface area (Å²) in [5.74, 6) is 1.03. The van der Waals surface area contributed by atoms with Gasteiger partial charge in [-0.1, -0.05) is 12.1 Å². The average molecular weight is 273 g/mol. The number of carbonyl (C=O) groups is 2. The Morgan fingerprint density at radius 1 is 1.55 bits per heavy atom. The number of carboxylic acids is 1. The van der Waals surface area contributed by atoms with Crippen LogP contribution in [-0.4, -0.2) is 39.6 Å². The van der Waals surface area contributed by atoms with Gasteiger partial charge in [0.15, 0.2) is 0 Å². The first-order valence-corrected chi connectivity index (χ1v) is 6.27. The van der Waals surface area contributed by atoms with E-state index in [2.05, 4.69) is 5.92 Å². The molecule has 1 fully saturated rings. The molecule has 2 rings (SSSR count). The Morgan fingerprint density at radius 3 is 2.85 bits per heavy atom. The molecule has 1 aromatic carbocycles. The van der Waals surface area contributed by atoms with Gasteiger partial charge >= 0.3 is 5.97 Å². The monoisotopic (exact) mass is 273 g/mol. The standard InChI is InChI=1S/C15H15NO4/c1-2-10-8-14(18)16(9-10)13(15(19)20)7-11-4-3-5-12(17)6-11/h1,3-6,10,13,17H,7-9H2,(H,19,20). The minimum atomic E-state index is -1.07. The SMILES string of the molecule is C#CC1CC(=O)N(C(Cc2cccc(O)c2)C(=O)O)C1. The van der Waals surface area contributed by atoms with Gasteiger partial charge in [-0.3, -0.25) is 4.79 Å². The second-order valence-electron chi connectivity index (χ2n) is 4.84. The van der Waals surface area contributed by atoms with Gasteiger partial charge in [0.1, 0.15) is 11.8 Å². The molecule has 1 heterocycles. The fourth-order valence-corrected chi connectivity index (χ4v) is 2.38. The van der Waals surface area contributed by atoms with Crippen LogP contribution in [0.15, 0.2) is 24.3 Å². The summed E-state index contributed by atoms with van der Waals surface area (Å²) in [6.07, 6.45) is 5.64. The number of phenolic OH excluding ortho intramolecular Hbond substituents is 1. The summed E-state index contributed by atoms with van der Waals surface area (Å²) < 4.78 is 0. The fraction of sp³-hybridized carbons (Fsp3) is 0.333. The van der Waals surface area contributed by atoms with Crippen molar-refractivity contribution in [2.24, 2.45) is 5.92 Å². The van der Waals surface area contributed by atoms with Crippen LogP contribution in [-0.2, 0) is 16.0 Å². The van der Waals surface area contributed by atoms with Crippen LogP contribution in [0.4, 0.5) is 0 Å². The van der Waals surface area contributed by atoms with Gasteiger partial charge in [0.2, 0.25) is 5.91 Å². The number of benzene rings is 1. The van der Waals surface area contributed by atoms with E-state index in [0.29, 0.717) is 5.56 Å². The molecule has 104 valence electrons. The van der Waals surface area contributed by atoms with Gasteiger partial charge in [-0.05, 0) is 17.7 Å². The number of nitrogens with zero attached hydrogens (tertiary/aromatic N) is 1. The Labute approximate surface area is 116 Å². The molecule has 0 radical (unpaired) electrons. The highest BCUT2D eigenvalue weighted by molar-refractivity contribution is 5.85. The molecular formula is C15H15NO4. The minimum absolute atomic E-state index is 0.0703. The number of likely N-dealkylation sites (tertiary alicyclic amines) is 1. The molecule has 1 saturated heterocycles. The van der Waals surface area contributed by atoms with Crippen molar-refractivity contribution in [1.29, 1.82) is 0 Å². The molecule has 2 atom stereocenters. The number of terminal acetylenes is 1. The van der Waals surface area contributed by atoms with E-state index in [-0.39, 0.29) is 37.0 Å². The van der Waals surface area contributed by atoms with Crippen molar-refractivity contribution in [3.05, 3.63) is 29.8 Å². The third-order valence-electron chi connectivity index (χ3n) is 3.40. The Kier molecular flexibility index (Phi) is 3.94. The van der Waals surface area contributed by atoms with Gasteiger partial charge in [0, 0.05) is 25.3 Å². The predicted octanol–water partition coefficient (Wildman–Crippen LogP) is 0.870. The lowest BCUT2D eigenvalue weighted by Gasteiger charge is -2.24. The Morgan fingerprint density at radius 2 is 2.30 bits per heavy atom. The predicted molar refractivity (Wildman–Crippen MR) is 71.9 cm³/mol. The third kappa shape index (κ3) is 2.91. The number of hydrogen-bond acceptors (Lipinski definition) is 3. The number of aromatic hydroxyl groups is 1.